The molecule has 0 unspecified atom stereocenters. The number of hydrogen-bond acceptors (Lipinski definition) is 3. The molecule has 4 rings (SSSR count). The van der Waals surface area contributed by atoms with Gasteiger partial charge in [0.1, 0.15) is 0 Å². The van der Waals surface area contributed by atoms with Crippen LogP contribution in [-0.2, 0) is 6.54 Å². The fraction of sp³-hybridized carbons (Fsp3) is 0.278. The Morgan fingerprint density at radius 3 is 2.29 bits per heavy atom. The lowest BCUT2D eigenvalue weighted by molar-refractivity contribution is 0.571. The van der Waals surface area contributed by atoms with Gasteiger partial charge in [-0.15, -0.1) is 24.8 Å². The number of fused-ring (bicyclic) bond motifs is 1. The van der Waals surface area contributed by atoms with Crippen molar-refractivity contribution in [3.8, 4) is 0 Å². The summed E-state index contributed by atoms with van der Waals surface area (Å²) in [6.45, 7) is 4.93. The molecule has 0 radical (unpaired) electrons. The van der Waals surface area contributed by atoms with E-state index in [1.165, 1.54) is 11.1 Å². The zero-order valence-electron chi connectivity index (χ0n) is 13.4. The van der Waals surface area contributed by atoms with E-state index in [0.717, 1.165) is 44.2 Å². The summed E-state index contributed by atoms with van der Waals surface area (Å²) >= 11 is 0. The molecule has 1 aliphatic heterocycles. The molecule has 2 heterocycles. The second-order valence-corrected chi connectivity index (χ2v) is 5.71. The van der Waals surface area contributed by atoms with Crippen LogP contribution in [0.1, 0.15) is 5.56 Å². The fourth-order valence-electron chi connectivity index (χ4n) is 3.09. The third-order valence-electron chi connectivity index (χ3n) is 4.22. The maximum Gasteiger partial charge on any atom is 0.206 e. The second-order valence-electron chi connectivity index (χ2n) is 5.71. The molecule has 1 saturated heterocycles. The quantitative estimate of drug-likeness (QED) is 0.773. The van der Waals surface area contributed by atoms with E-state index >= 15 is 0 Å². The Morgan fingerprint density at radius 1 is 0.875 bits per heavy atom. The van der Waals surface area contributed by atoms with Gasteiger partial charge in [-0.1, -0.05) is 42.5 Å². The summed E-state index contributed by atoms with van der Waals surface area (Å²) in [4.78, 5) is 7.28. The fourth-order valence-corrected chi connectivity index (χ4v) is 3.09. The van der Waals surface area contributed by atoms with E-state index in [1.54, 1.807) is 0 Å². The van der Waals surface area contributed by atoms with Crippen LogP contribution in [0.3, 0.4) is 0 Å². The number of benzene rings is 2. The Kier molecular flexibility index (Phi) is 6.49. The van der Waals surface area contributed by atoms with Gasteiger partial charge in [-0.25, -0.2) is 4.98 Å². The van der Waals surface area contributed by atoms with Crippen molar-refractivity contribution >= 4 is 41.8 Å². The van der Waals surface area contributed by atoms with E-state index in [2.05, 4.69) is 69.4 Å². The van der Waals surface area contributed by atoms with Gasteiger partial charge in [0, 0.05) is 26.2 Å². The molecule has 1 aliphatic rings. The van der Waals surface area contributed by atoms with Crippen molar-refractivity contribution in [1.82, 2.24) is 14.9 Å². The Morgan fingerprint density at radius 2 is 1.54 bits per heavy atom. The lowest BCUT2D eigenvalue weighted by Crippen LogP contribution is -2.44. The maximum atomic E-state index is 4.89. The van der Waals surface area contributed by atoms with Gasteiger partial charge < -0.3 is 14.8 Å². The predicted molar refractivity (Wildman–Crippen MR) is 105 cm³/mol. The second kappa shape index (κ2) is 8.38. The van der Waals surface area contributed by atoms with Gasteiger partial charge in [0.15, 0.2) is 0 Å². The molecule has 0 saturated carbocycles. The highest BCUT2D eigenvalue weighted by Crippen LogP contribution is 2.24. The van der Waals surface area contributed by atoms with Gasteiger partial charge in [0.2, 0.25) is 5.95 Å². The number of nitrogens with zero attached hydrogens (tertiary/aromatic N) is 3. The topological polar surface area (TPSA) is 33.1 Å². The molecule has 2 aromatic carbocycles. The van der Waals surface area contributed by atoms with Gasteiger partial charge in [-0.2, -0.15) is 0 Å². The lowest BCUT2D eigenvalue weighted by atomic mass is 10.2. The molecule has 4 nitrogen and oxygen atoms in total. The minimum atomic E-state index is 0. The van der Waals surface area contributed by atoms with Crippen molar-refractivity contribution in [2.75, 3.05) is 31.1 Å². The molecule has 128 valence electrons. The van der Waals surface area contributed by atoms with Crippen molar-refractivity contribution in [1.29, 1.82) is 0 Å². The van der Waals surface area contributed by atoms with Crippen molar-refractivity contribution in [3.63, 3.8) is 0 Å². The first-order chi connectivity index (χ1) is 10.9. The first kappa shape index (κ1) is 18.6. The first-order valence-electron chi connectivity index (χ1n) is 7.87. The molecular weight excluding hydrogens is 343 g/mol. The third kappa shape index (κ3) is 3.66. The van der Waals surface area contributed by atoms with Crippen LogP contribution in [0.5, 0.6) is 0 Å². The number of para-hydroxylation sites is 2. The lowest BCUT2D eigenvalue weighted by Gasteiger charge is -2.29. The van der Waals surface area contributed by atoms with Crippen LogP contribution in [0.2, 0.25) is 0 Å². The minimum Gasteiger partial charge on any atom is -0.340 e. The number of hydrogen-bond donors (Lipinski definition) is 1. The molecule has 0 aliphatic carbocycles. The van der Waals surface area contributed by atoms with E-state index in [9.17, 15) is 0 Å². The minimum absolute atomic E-state index is 0. The Bertz CT molecular complexity index is 767. The summed E-state index contributed by atoms with van der Waals surface area (Å²) in [5.74, 6) is 1.09. The largest absolute Gasteiger partial charge is 0.340 e. The van der Waals surface area contributed by atoms with E-state index in [4.69, 9.17) is 4.98 Å². The summed E-state index contributed by atoms with van der Waals surface area (Å²) in [6.07, 6.45) is 0. The molecule has 0 spiro atoms. The number of piperazine rings is 1. The predicted octanol–water partition coefficient (Wildman–Crippen LogP) is 3.34. The van der Waals surface area contributed by atoms with E-state index in [1.807, 2.05) is 0 Å². The van der Waals surface area contributed by atoms with Crippen molar-refractivity contribution in [2.45, 2.75) is 6.54 Å². The van der Waals surface area contributed by atoms with Crippen LogP contribution >= 0.6 is 24.8 Å². The number of rotatable bonds is 3. The molecule has 3 aromatic rings. The number of halogens is 2. The normalized spacial score (nSPS) is 14.1. The van der Waals surface area contributed by atoms with Gasteiger partial charge in [0.05, 0.1) is 17.6 Å². The van der Waals surface area contributed by atoms with Crippen molar-refractivity contribution in [3.05, 3.63) is 60.2 Å². The number of anilines is 1. The highest BCUT2D eigenvalue weighted by atomic mass is 35.5. The molecule has 1 aromatic heterocycles. The molecule has 1 N–H and O–H groups in total. The van der Waals surface area contributed by atoms with Crippen LogP contribution in [-0.4, -0.2) is 35.7 Å². The monoisotopic (exact) mass is 364 g/mol. The number of aromatic nitrogens is 2. The smallest absolute Gasteiger partial charge is 0.206 e. The molecule has 0 atom stereocenters. The van der Waals surface area contributed by atoms with Crippen LogP contribution < -0.4 is 10.2 Å². The summed E-state index contributed by atoms with van der Waals surface area (Å²) in [6, 6.07) is 19.0. The SMILES string of the molecule is Cl.Cl.c1ccc(Cn2c(N3CCNCC3)nc3ccccc32)cc1. The van der Waals surface area contributed by atoms with E-state index < -0.39 is 0 Å². The summed E-state index contributed by atoms with van der Waals surface area (Å²) in [5.41, 5.74) is 3.59. The third-order valence-corrected chi connectivity index (χ3v) is 4.22. The number of imidazole rings is 1. The molecule has 24 heavy (non-hydrogen) atoms. The summed E-state index contributed by atoms with van der Waals surface area (Å²) in [7, 11) is 0. The van der Waals surface area contributed by atoms with Crippen LogP contribution in [0, 0.1) is 0 Å². The molecule has 6 heteroatoms. The van der Waals surface area contributed by atoms with E-state index in [0.29, 0.717) is 0 Å². The Balaban J connectivity index is 0.00000104. The van der Waals surface area contributed by atoms with Crippen molar-refractivity contribution < 1.29 is 0 Å². The first-order valence-corrected chi connectivity index (χ1v) is 7.87. The molecule has 0 bridgehead atoms. The summed E-state index contributed by atoms with van der Waals surface area (Å²) < 4.78 is 2.34. The molecule has 1 fully saturated rings. The molecule has 0 amide bonds. The Hall–Kier alpha value is -1.75. The zero-order chi connectivity index (χ0) is 14.8. The molecular formula is C18H22Cl2N4. The Labute approximate surface area is 154 Å². The highest BCUT2D eigenvalue weighted by Gasteiger charge is 2.18. The van der Waals surface area contributed by atoms with Gasteiger partial charge >= 0.3 is 0 Å². The van der Waals surface area contributed by atoms with E-state index in [-0.39, 0.29) is 24.8 Å². The summed E-state index contributed by atoms with van der Waals surface area (Å²) in [5, 5.41) is 3.41. The van der Waals surface area contributed by atoms with Crippen molar-refractivity contribution in [2.24, 2.45) is 0 Å². The standard InChI is InChI=1S/C18H20N4.2ClH/c1-2-6-15(7-3-1)14-22-17-9-5-4-8-16(17)20-18(22)21-12-10-19-11-13-21;;/h1-9,19H,10-14H2;2*1H. The van der Waals surface area contributed by atoms with Crippen LogP contribution in [0.15, 0.2) is 54.6 Å². The van der Waals surface area contributed by atoms with Crippen LogP contribution in [0.25, 0.3) is 11.0 Å². The zero-order valence-corrected chi connectivity index (χ0v) is 15.0. The average molecular weight is 365 g/mol. The van der Waals surface area contributed by atoms with Gasteiger partial charge in [-0.05, 0) is 17.7 Å². The number of nitrogens with one attached hydrogen (secondary N) is 1. The maximum absolute atomic E-state index is 4.89. The average Bonchev–Trinajstić information content (AvgIpc) is 2.95. The van der Waals surface area contributed by atoms with Gasteiger partial charge in [0.25, 0.3) is 0 Å². The van der Waals surface area contributed by atoms with Crippen LogP contribution in [0.4, 0.5) is 5.95 Å². The van der Waals surface area contributed by atoms with Gasteiger partial charge in [-0.3, -0.25) is 0 Å². The highest BCUT2D eigenvalue weighted by molar-refractivity contribution is 5.85.